The second-order valence-electron chi connectivity index (χ2n) is 8.96. The van der Waals surface area contributed by atoms with Crippen LogP contribution in [0.2, 0.25) is 0 Å². The fourth-order valence-corrected chi connectivity index (χ4v) is 4.42. The van der Waals surface area contributed by atoms with Crippen molar-refractivity contribution in [3.63, 3.8) is 0 Å². The van der Waals surface area contributed by atoms with E-state index in [1.165, 1.54) is 0 Å². The van der Waals surface area contributed by atoms with Crippen LogP contribution in [0.15, 0.2) is 73.6 Å². The number of nitrogens with zero attached hydrogens (tertiary/aromatic N) is 5. The van der Waals surface area contributed by atoms with Crippen molar-refractivity contribution in [2.24, 2.45) is 5.92 Å². The highest BCUT2D eigenvalue weighted by Gasteiger charge is 2.29. The van der Waals surface area contributed by atoms with Gasteiger partial charge in [-0.2, -0.15) is 5.10 Å². The molecule has 1 aromatic carbocycles. The Morgan fingerprint density at radius 1 is 0.861 bits per heavy atom. The van der Waals surface area contributed by atoms with Gasteiger partial charge in [0.25, 0.3) is 0 Å². The van der Waals surface area contributed by atoms with Gasteiger partial charge in [-0.3, -0.25) is 24.8 Å². The Bertz CT molecular complexity index is 1750. The Hall–Kier alpha value is -4.92. The van der Waals surface area contributed by atoms with Crippen LogP contribution in [-0.4, -0.2) is 41.0 Å². The molecule has 7 rings (SSSR count). The molecule has 5 aromatic heterocycles. The molecule has 36 heavy (non-hydrogen) atoms. The summed E-state index contributed by atoms with van der Waals surface area (Å²) in [6.45, 7) is 0. The molecule has 174 valence electrons. The number of anilines is 1. The third kappa shape index (κ3) is 3.58. The molecule has 5 heterocycles. The minimum absolute atomic E-state index is 0.0621. The van der Waals surface area contributed by atoms with Crippen LogP contribution >= 0.6 is 0 Å². The van der Waals surface area contributed by atoms with E-state index in [-0.39, 0.29) is 11.8 Å². The van der Waals surface area contributed by atoms with Crippen molar-refractivity contribution < 1.29 is 4.79 Å². The number of aromatic amines is 2. The average molecular weight is 473 g/mol. The summed E-state index contributed by atoms with van der Waals surface area (Å²) in [6, 6.07) is 11.9. The minimum atomic E-state index is 0.0621. The summed E-state index contributed by atoms with van der Waals surface area (Å²) < 4.78 is 0. The highest BCUT2D eigenvalue weighted by Crippen LogP contribution is 2.34. The van der Waals surface area contributed by atoms with Gasteiger partial charge in [0.2, 0.25) is 5.91 Å². The second kappa shape index (κ2) is 8.09. The van der Waals surface area contributed by atoms with Crippen LogP contribution in [0.1, 0.15) is 12.8 Å². The first-order chi connectivity index (χ1) is 17.7. The Morgan fingerprint density at radius 2 is 1.72 bits per heavy atom. The molecular weight excluding hydrogens is 452 g/mol. The van der Waals surface area contributed by atoms with Gasteiger partial charge < -0.3 is 10.3 Å². The number of rotatable bonds is 5. The molecule has 9 heteroatoms. The lowest BCUT2D eigenvalue weighted by molar-refractivity contribution is -0.117. The molecular formula is C27H20N8O. The summed E-state index contributed by atoms with van der Waals surface area (Å²) in [5.74, 6) is 0.851. The van der Waals surface area contributed by atoms with Crippen molar-refractivity contribution in [3.05, 3.63) is 73.6 Å². The number of amides is 1. The second-order valence-corrected chi connectivity index (χ2v) is 8.96. The molecule has 0 atom stereocenters. The van der Waals surface area contributed by atoms with Crippen molar-refractivity contribution in [2.45, 2.75) is 12.8 Å². The number of imidazole rings is 1. The van der Waals surface area contributed by atoms with Crippen molar-refractivity contribution in [3.8, 4) is 33.8 Å². The normalized spacial score (nSPS) is 13.3. The number of hydrogen-bond donors (Lipinski definition) is 3. The van der Waals surface area contributed by atoms with Crippen LogP contribution in [0.5, 0.6) is 0 Å². The van der Waals surface area contributed by atoms with Crippen molar-refractivity contribution in [1.82, 2.24) is 35.1 Å². The standard InChI is InChI=1S/C27H20N8O/c36-27(16-1-2-16)31-19-9-18(11-29-12-19)17-3-4-22-20(10-17)25(35-34-22)26-32-23-14-30-13-21(24(23)33-26)15-5-7-28-8-6-15/h3-14,16H,1-2H2,(H,31,36)(H,32,33)(H,34,35). The molecule has 1 fully saturated rings. The highest BCUT2D eigenvalue weighted by molar-refractivity contribution is 5.98. The average Bonchev–Trinajstić information content (AvgIpc) is 3.55. The first-order valence-electron chi connectivity index (χ1n) is 11.7. The van der Waals surface area contributed by atoms with E-state index < -0.39 is 0 Å². The fraction of sp³-hybridized carbons (Fsp3) is 0.111. The lowest BCUT2D eigenvalue weighted by Crippen LogP contribution is -2.13. The highest BCUT2D eigenvalue weighted by atomic mass is 16.2. The van der Waals surface area contributed by atoms with Crippen LogP contribution in [-0.2, 0) is 4.79 Å². The van der Waals surface area contributed by atoms with Gasteiger partial charge in [0.15, 0.2) is 5.82 Å². The van der Waals surface area contributed by atoms with E-state index >= 15 is 0 Å². The molecule has 0 bridgehead atoms. The Labute approximate surface area is 205 Å². The summed E-state index contributed by atoms with van der Waals surface area (Å²) in [5, 5.41) is 11.6. The summed E-state index contributed by atoms with van der Waals surface area (Å²) in [4.78, 5) is 33.3. The van der Waals surface area contributed by atoms with Gasteiger partial charge in [-0.25, -0.2) is 4.98 Å². The molecule has 3 N–H and O–H groups in total. The zero-order chi connectivity index (χ0) is 24.1. The van der Waals surface area contributed by atoms with Gasteiger partial charge in [-0.15, -0.1) is 0 Å². The number of fused-ring (bicyclic) bond motifs is 2. The van der Waals surface area contributed by atoms with Crippen molar-refractivity contribution in [2.75, 3.05) is 5.32 Å². The molecule has 9 nitrogen and oxygen atoms in total. The van der Waals surface area contributed by atoms with E-state index in [1.54, 1.807) is 31.0 Å². The zero-order valence-corrected chi connectivity index (χ0v) is 19.1. The van der Waals surface area contributed by atoms with E-state index in [2.05, 4.69) is 41.5 Å². The zero-order valence-electron chi connectivity index (χ0n) is 19.1. The van der Waals surface area contributed by atoms with E-state index in [1.807, 2.05) is 36.5 Å². The van der Waals surface area contributed by atoms with E-state index in [0.29, 0.717) is 11.5 Å². The third-order valence-electron chi connectivity index (χ3n) is 6.46. The van der Waals surface area contributed by atoms with Gasteiger partial charge in [0.05, 0.1) is 34.6 Å². The third-order valence-corrected chi connectivity index (χ3v) is 6.46. The molecule has 1 amide bonds. The number of benzene rings is 1. The Kier molecular flexibility index (Phi) is 4.60. The first kappa shape index (κ1) is 20.5. The molecule has 0 unspecified atom stereocenters. The van der Waals surface area contributed by atoms with Crippen LogP contribution in [0, 0.1) is 5.92 Å². The number of pyridine rings is 3. The van der Waals surface area contributed by atoms with E-state index in [0.717, 1.165) is 62.7 Å². The lowest BCUT2D eigenvalue weighted by atomic mass is 10.0. The van der Waals surface area contributed by atoms with Gasteiger partial charge in [-0.05, 0) is 54.3 Å². The maximum absolute atomic E-state index is 12.2. The van der Waals surface area contributed by atoms with Crippen LogP contribution in [0.4, 0.5) is 5.69 Å². The van der Waals surface area contributed by atoms with Gasteiger partial charge in [-0.1, -0.05) is 6.07 Å². The SMILES string of the molecule is O=C(Nc1cncc(-c2ccc3[nH]nc(-c4nc5c(-c6ccncc6)cncc5[nH]4)c3c2)c1)C1CC1. The Morgan fingerprint density at radius 3 is 2.58 bits per heavy atom. The molecule has 6 aromatic rings. The van der Waals surface area contributed by atoms with E-state index in [4.69, 9.17) is 4.98 Å². The maximum atomic E-state index is 12.2. The van der Waals surface area contributed by atoms with Gasteiger partial charge in [0, 0.05) is 47.2 Å². The number of nitrogens with one attached hydrogen (secondary N) is 3. The van der Waals surface area contributed by atoms with Crippen LogP contribution < -0.4 is 5.32 Å². The Balaban J connectivity index is 1.28. The van der Waals surface area contributed by atoms with Gasteiger partial charge in [0.1, 0.15) is 5.69 Å². The topological polar surface area (TPSA) is 125 Å². The first-order valence-corrected chi connectivity index (χ1v) is 11.7. The summed E-state index contributed by atoms with van der Waals surface area (Å²) >= 11 is 0. The largest absolute Gasteiger partial charge is 0.335 e. The monoisotopic (exact) mass is 472 g/mol. The van der Waals surface area contributed by atoms with Gasteiger partial charge >= 0.3 is 0 Å². The molecule has 0 radical (unpaired) electrons. The molecule has 0 saturated heterocycles. The van der Waals surface area contributed by atoms with Crippen molar-refractivity contribution >= 4 is 33.5 Å². The van der Waals surface area contributed by atoms with Crippen molar-refractivity contribution in [1.29, 1.82) is 0 Å². The molecule has 1 aliphatic carbocycles. The number of H-pyrrole nitrogens is 2. The molecule has 1 saturated carbocycles. The predicted molar refractivity (Wildman–Crippen MR) is 137 cm³/mol. The number of aromatic nitrogens is 7. The summed E-state index contributed by atoms with van der Waals surface area (Å²) in [5.41, 5.74) is 7.76. The maximum Gasteiger partial charge on any atom is 0.227 e. The van der Waals surface area contributed by atoms with Crippen LogP contribution in [0.25, 0.3) is 55.7 Å². The summed E-state index contributed by atoms with van der Waals surface area (Å²) in [7, 11) is 0. The molecule has 0 spiro atoms. The lowest BCUT2D eigenvalue weighted by Gasteiger charge is -2.07. The fourth-order valence-electron chi connectivity index (χ4n) is 4.42. The quantitative estimate of drug-likeness (QED) is 0.325. The predicted octanol–water partition coefficient (Wildman–Crippen LogP) is 4.97. The number of hydrogen-bond acceptors (Lipinski definition) is 6. The number of carbonyl (C=O) groups excluding carboxylic acids is 1. The van der Waals surface area contributed by atoms with E-state index in [9.17, 15) is 4.79 Å². The molecule has 0 aliphatic heterocycles. The number of carbonyl (C=O) groups is 1. The smallest absolute Gasteiger partial charge is 0.227 e. The summed E-state index contributed by atoms with van der Waals surface area (Å²) in [6.07, 6.45) is 12.5. The molecule has 1 aliphatic rings. The minimum Gasteiger partial charge on any atom is -0.335 e. The van der Waals surface area contributed by atoms with Crippen LogP contribution in [0.3, 0.4) is 0 Å².